The van der Waals surface area contributed by atoms with Crippen LogP contribution in [0.4, 0.5) is 0 Å². The predicted molar refractivity (Wildman–Crippen MR) is 75.9 cm³/mol. The van der Waals surface area contributed by atoms with Gasteiger partial charge in [0.05, 0.1) is 5.56 Å². The molecule has 2 aliphatic carbocycles. The fourth-order valence-corrected chi connectivity index (χ4v) is 3.47. The van der Waals surface area contributed by atoms with E-state index in [2.05, 4.69) is 21.2 Å². The van der Waals surface area contributed by atoms with Crippen LogP contribution in [-0.4, -0.2) is 12.5 Å². The molecule has 0 atom stereocenters. The molecule has 2 fully saturated rings. The first-order valence-corrected chi connectivity index (χ1v) is 7.51. The van der Waals surface area contributed by atoms with E-state index in [9.17, 15) is 4.79 Å². The van der Waals surface area contributed by atoms with Crippen molar-refractivity contribution in [3.63, 3.8) is 0 Å². The van der Waals surface area contributed by atoms with Gasteiger partial charge in [0.15, 0.2) is 0 Å². The Morgan fingerprint density at radius 1 is 1.44 bits per heavy atom. The molecule has 96 valence electrons. The molecule has 3 rings (SSSR count). The van der Waals surface area contributed by atoms with Gasteiger partial charge in [0, 0.05) is 16.0 Å². The van der Waals surface area contributed by atoms with Crippen LogP contribution in [0.5, 0.6) is 0 Å². The monoisotopic (exact) mass is 327 g/mol. The van der Waals surface area contributed by atoms with Crippen molar-refractivity contribution in [3.8, 4) is 0 Å². The third-order valence-electron chi connectivity index (χ3n) is 4.11. The summed E-state index contributed by atoms with van der Waals surface area (Å²) in [6.07, 6.45) is 5.25. The molecular formula is C14H15BrClNO. The van der Waals surface area contributed by atoms with E-state index in [-0.39, 0.29) is 5.91 Å². The third kappa shape index (κ3) is 2.43. The van der Waals surface area contributed by atoms with Crippen molar-refractivity contribution >= 4 is 33.4 Å². The highest BCUT2D eigenvalue weighted by atomic mass is 79.9. The zero-order chi connectivity index (χ0) is 12.8. The van der Waals surface area contributed by atoms with E-state index in [0.717, 1.165) is 16.9 Å². The molecule has 1 amide bonds. The molecule has 0 radical (unpaired) electrons. The van der Waals surface area contributed by atoms with Crippen molar-refractivity contribution < 1.29 is 4.79 Å². The highest BCUT2D eigenvalue weighted by molar-refractivity contribution is 9.10. The number of benzene rings is 1. The van der Waals surface area contributed by atoms with Crippen molar-refractivity contribution in [2.75, 3.05) is 6.54 Å². The van der Waals surface area contributed by atoms with Crippen molar-refractivity contribution in [1.82, 2.24) is 5.32 Å². The standard InChI is InChI=1S/C14H15BrClNO/c15-12-7-10(16)3-4-11(12)13(18)17-8-14(5-6-14)9-1-2-9/h3-4,7,9H,1-2,5-6,8H2,(H,17,18). The van der Waals surface area contributed by atoms with Crippen molar-refractivity contribution in [3.05, 3.63) is 33.3 Å². The third-order valence-corrected chi connectivity index (χ3v) is 5.00. The normalized spacial score (nSPS) is 20.6. The number of nitrogens with one attached hydrogen (secondary N) is 1. The van der Waals surface area contributed by atoms with Gasteiger partial charge in [-0.05, 0) is 71.1 Å². The van der Waals surface area contributed by atoms with Crippen molar-refractivity contribution in [1.29, 1.82) is 0 Å². The van der Waals surface area contributed by atoms with Gasteiger partial charge in [-0.25, -0.2) is 0 Å². The first-order valence-electron chi connectivity index (χ1n) is 6.34. The molecule has 1 aromatic carbocycles. The maximum atomic E-state index is 12.1. The average Bonchev–Trinajstić information content (AvgIpc) is 3.17. The Kier molecular flexibility index (Phi) is 3.15. The van der Waals surface area contributed by atoms with Crippen LogP contribution in [0.3, 0.4) is 0 Å². The van der Waals surface area contributed by atoms with Gasteiger partial charge in [0.1, 0.15) is 0 Å². The summed E-state index contributed by atoms with van der Waals surface area (Å²) in [7, 11) is 0. The smallest absolute Gasteiger partial charge is 0.252 e. The van der Waals surface area contributed by atoms with Gasteiger partial charge in [0.2, 0.25) is 0 Å². The van der Waals surface area contributed by atoms with Crippen LogP contribution in [-0.2, 0) is 0 Å². The highest BCUT2D eigenvalue weighted by Crippen LogP contribution is 2.60. The first kappa shape index (κ1) is 12.5. The van der Waals surface area contributed by atoms with Crippen LogP contribution >= 0.6 is 27.5 Å². The van der Waals surface area contributed by atoms with E-state index in [1.807, 2.05) is 0 Å². The Hall–Kier alpha value is -0.540. The summed E-state index contributed by atoms with van der Waals surface area (Å²) >= 11 is 9.25. The second kappa shape index (κ2) is 4.53. The molecule has 2 saturated carbocycles. The van der Waals surface area contributed by atoms with Crippen LogP contribution in [0.15, 0.2) is 22.7 Å². The summed E-state index contributed by atoms with van der Waals surface area (Å²) in [5.74, 6) is 0.858. The van der Waals surface area contributed by atoms with Gasteiger partial charge in [-0.2, -0.15) is 0 Å². The van der Waals surface area contributed by atoms with Crippen LogP contribution < -0.4 is 5.32 Å². The lowest BCUT2D eigenvalue weighted by Crippen LogP contribution is -2.31. The molecule has 0 unspecified atom stereocenters. The molecular weight excluding hydrogens is 314 g/mol. The maximum absolute atomic E-state index is 12.1. The molecule has 1 N–H and O–H groups in total. The lowest BCUT2D eigenvalue weighted by molar-refractivity contribution is 0.0942. The van der Waals surface area contributed by atoms with E-state index >= 15 is 0 Å². The fourth-order valence-electron chi connectivity index (χ4n) is 2.61. The van der Waals surface area contributed by atoms with Crippen LogP contribution in [0.1, 0.15) is 36.0 Å². The second-order valence-corrected chi connectivity index (χ2v) is 6.73. The topological polar surface area (TPSA) is 29.1 Å². The number of amides is 1. The Morgan fingerprint density at radius 2 is 2.17 bits per heavy atom. The van der Waals surface area contributed by atoms with Crippen molar-refractivity contribution in [2.45, 2.75) is 25.7 Å². The summed E-state index contributed by atoms with van der Waals surface area (Å²) in [6.45, 7) is 0.825. The molecule has 18 heavy (non-hydrogen) atoms. The van der Waals surface area contributed by atoms with Gasteiger partial charge in [-0.3, -0.25) is 4.79 Å². The Bertz CT molecular complexity index is 495. The van der Waals surface area contributed by atoms with Gasteiger partial charge in [-0.1, -0.05) is 11.6 Å². The average molecular weight is 329 g/mol. The molecule has 0 spiro atoms. The summed E-state index contributed by atoms with van der Waals surface area (Å²) in [4.78, 5) is 12.1. The molecule has 2 aliphatic rings. The summed E-state index contributed by atoms with van der Waals surface area (Å²) < 4.78 is 0.753. The minimum Gasteiger partial charge on any atom is -0.351 e. The SMILES string of the molecule is O=C(NCC1(C2CC2)CC1)c1ccc(Cl)cc1Br. The minimum atomic E-state index is -0.00883. The molecule has 0 aliphatic heterocycles. The van der Waals surface area contributed by atoms with E-state index in [1.165, 1.54) is 25.7 Å². The summed E-state index contributed by atoms with van der Waals surface area (Å²) in [5, 5.41) is 3.71. The number of carbonyl (C=O) groups is 1. The molecule has 0 saturated heterocycles. The quantitative estimate of drug-likeness (QED) is 0.888. The largest absolute Gasteiger partial charge is 0.351 e. The van der Waals surface area contributed by atoms with E-state index < -0.39 is 0 Å². The molecule has 0 aromatic heterocycles. The number of halogens is 2. The zero-order valence-electron chi connectivity index (χ0n) is 10.0. The van der Waals surface area contributed by atoms with Crippen LogP contribution in [0.2, 0.25) is 5.02 Å². The van der Waals surface area contributed by atoms with Gasteiger partial charge in [-0.15, -0.1) is 0 Å². The fraction of sp³-hybridized carbons (Fsp3) is 0.500. The predicted octanol–water partition coefficient (Wildman–Crippen LogP) is 4.02. The maximum Gasteiger partial charge on any atom is 0.252 e. The van der Waals surface area contributed by atoms with Gasteiger partial charge >= 0.3 is 0 Å². The molecule has 1 aromatic rings. The minimum absolute atomic E-state index is 0.00883. The number of hydrogen-bond donors (Lipinski definition) is 1. The Labute approximate surface area is 120 Å². The van der Waals surface area contributed by atoms with Crippen LogP contribution in [0.25, 0.3) is 0 Å². The van der Waals surface area contributed by atoms with E-state index in [0.29, 0.717) is 16.0 Å². The summed E-state index contributed by atoms with van der Waals surface area (Å²) in [6, 6.07) is 5.26. The first-order chi connectivity index (χ1) is 8.61. The van der Waals surface area contributed by atoms with Gasteiger partial charge in [0.25, 0.3) is 5.91 Å². The summed E-state index contributed by atoms with van der Waals surface area (Å²) in [5.41, 5.74) is 1.10. The highest BCUT2D eigenvalue weighted by Gasteiger charge is 2.53. The molecule has 0 heterocycles. The second-order valence-electron chi connectivity index (χ2n) is 5.44. The van der Waals surface area contributed by atoms with Gasteiger partial charge < -0.3 is 5.32 Å². The van der Waals surface area contributed by atoms with E-state index in [4.69, 9.17) is 11.6 Å². The number of carbonyl (C=O) groups excluding carboxylic acids is 1. The van der Waals surface area contributed by atoms with E-state index in [1.54, 1.807) is 18.2 Å². The Morgan fingerprint density at radius 3 is 2.72 bits per heavy atom. The molecule has 2 nitrogen and oxygen atoms in total. The molecule has 0 bridgehead atoms. The number of rotatable bonds is 4. The number of hydrogen-bond acceptors (Lipinski definition) is 1. The van der Waals surface area contributed by atoms with Crippen molar-refractivity contribution in [2.24, 2.45) is 11.3 Å². The lowest BCUT2D eigenvalue weighted by Gasteiger charge is -2.15. The zero-order valence-corrected chi connectivity index (χ0v) is 12.4. The van der Waals surface area contributed by atoms with Crippen LogP contribution in [0, 0.1) is 11.3 Å². The lowest BCUT2D eigenvalue weighted by atomic mass is 10.0. The molecule has 4 heteroatoms. The Balaban J connectivity index is 1.64.